The molecular weight excluding hydrogens is 761 g/mol. The molecule has 0 amide bonds. The predicted molar refractivity (Wildman–Crippen MR) is 259 cm³/mol. The van der Waals surface area contributed by atoms with Crippen LogP contribution in [0.1, 0.15) is 239 Å². The van der Waals surface area contributed by atoms with Crippen LogP contribution in [-0.2, 0) is 19.1 Å². The Morgan fingerprint density at radius 2 is 0.934 bits per heavy atom. The Balaban J connectivity index is 4.62. The molecule has 0 radical (unpaired) electrons. The van der Waals surface area contributed by atoms with Crippen molar-refractivity contribution in [3.8, 4) is 0 Å². The molecule has 61 heavy (non-hydrogen) atoms. The van der Waals surface area contributed by atoms with Crippen molar-refractivity contribution in [2.24, 2.45) is 0 Å². The normalized spacial score (nSPS) is 11.4. The Bertz CT molecular complexity index is 1010. The van der Waals surface area contributed by atoms with E-state index in [2.05, 4.69) is 40.7 Å². The van der Waals surface area contributed by atoms with Crippen molar-refractivity contribution in [1.29, 1.82) is 0 Å². The lowest BCUT2D eigenvalue weighted by atomic mass is 10.0. The van der Waals surface area contributed by atoms with E-state index in [-0.39, 0.29) is 18.0 Å². The van der Waals surface area contributed by atoms with Gasteiger partial charge in [0.15, 0.2) is 0 Å². The zero-order valence-electron chi connectivity index (χ0n) is 41.4. The summed E-state index contributed by atoms with van der Waals surface area (Å²) >= 11 is 0. The summed E-state index contributed by atoms with van der Waals surface area (Å²) in [6.07, 6.45) is 39.1. The number of carbonyl (C=O) groups is 2. The summed E-state index contributed by atoms with van der Waals surface area (Å²) < 4.78 is 11.6. The van der Waals surface area contributed by atoms with E-state index in [4.69, 9.17) is 9.47 Å². The second kappa shape index (κ2) is 45.9. The molecule has 0 aliphatic rings. The van der Waals surface area contributed by atoms with Crippen molar-refractivity contribution in [3.63, 3.8) is 0 Å². The van der Waals surface area contributed by atoms with Gasteiger partial charge in [-0.3, -0.25) is 19.8 Å². The molecule has 0 aromatic heterocycles. The third-order valence-electron chi connectivity index (χ3n) is 12.1. The quantitative estimate of drug-likeness (QED) is 0.0161. The lowest BCUT2D eigenvalue weighted by Gasteiger charge is -2.22. The summed E-state index contributed by atoms with van der Waals surface area (Å²) in [6, 6.07) is 0. The molecule has 0 bridgehead atoms. The highest BCUT2D eigenvalue weighted by molar-refractivity contribution is 5.73. The van der Waals surface area contributed by atoms with Crippen molar-refractivity contribution in [1.82, 2.24) is 20.0 Å². The number of nitrogens with zero attached hydrogens (tertiary/aromatic N) is 5. The van der Waals surface area contributed by atoms with Crippen LogP contribution in [0.25, 0.3) is 5.53 Å². The van der Waals surface area contributed by atoms with Crippen LogP contribution < -0.4 is 5.32 Å². The molecule has 0 atom stereocenters. The summed E-state index contributed by atoms with van der Waals surface area (Å²) in [5, 5.41) is 3.33. The van der Waals surface area contributed by atoms with Crippen LogP contribution >= 0.6 is 0 Å². The lowest BCUT2D eigenvalue weighted by molar-refractivity contribution is -0.150. The van der Waals surface area contributed by atoms with Crippen LogP contribution in [0, 0.1) is 0 Å². The fourth-order valence-corrected chi connectivity index (χ4v) is 7.94. The lowest BCUT2D eigenvalue weighted by Crippen LogP contribution is -2.43. The number of carbonyl (C=O) groups excluding carboxylic acids is 2. The number of rotatable bonds is 46. The van der Waals surface area contributed by atoms with Crippen LogP contribution in [-0.4, -0.2) is 111 Å². The number of unbranched alkanes of at least 4 members (excludes halogenated alkanes) is 24. The maximum absolute atomic E-state index is 12.9. The SMILES string of the molecule is CCCCCCCCCOC(=O)CCCCCCCN(CCCCCCCC(=O)OC(CCCCCCCC)CCCCCCCC)CCCNC(=[N+]=[N-])N(C)CCN(C)C. The van der Waals surface area contributed by atoms with Gasteiger partial charge in [-0.05, 0) is 91.4 Å². The Morgan fingerprint density at radius 1 is 0.508 bits per heavy atom. The Kier molecular flexibility index (Phi) is 44.2. The Hall–Kier alpha value is -2.16. The molecule has 0 heterocycles. The molecule has 0 saturated heterocycles. The van der Waals surface area contributed by atoms with Crippen molar-refractivity contribution in [3.05, 3.63) is 5.53 Å². The highest BCUT2D eigenvalue weighted by Crippen LogP contribution is 2.19. The second-order valence-corrected chi connectivity index (χ2v) is 18.4. The number of nitrogens with one attached hydrogen (secondary N) is 1. The molecule has 1 N–H and O–H groups in total. The summed E-state index contributed by atoms with van der Waals surface area (Å²) in [5.74, 6) is 0.499. The minimum Gasteiger partial charge on any atom is -0.543 e. The number of ether oxygens (including phenoxy) is 2. The molecule has 0 aromatic rings. The molecule has 360 valence electrons. The Morgan fingerprint density at radius 3 is 1.43 bits per heavy atom. The van der Waals surface area contributed by atoms with Gasteiger partial charge in [0.1, 0.15) is 6.10 Å². The zero-order chi connectivity index (χ0) is 44.9. The number of hydrogen-bond donors (Lipinski definition) is 1. The van der Waals surface area contributed by atoms with Gasteiger partial charge >= 0.3 is 17.9 Å². The van der Waals surface area contributed by atoms with Crippen molar-refractivity contribution < 1.29 is 23.9 Å². The molecule has 0 aliphatic carbocycles. The molecule has 10 heteroatoms. The van der Waals surface area contributed by atoms with Gasteiger partial charge in [0.2, 0.25) is 0 Å². The molecule has 0 aliphatic heterocycles. The van der Waals surface area contributed by atoms with Gasteiger partial charge in [0.05, 0.1) is 26.7 Å². The number of guanidine groups is 1. The third-order valence-corrected chi connectivity index (χ3v) is 12.1. The first-order chi connectivity index (χ1) is 29.8. The number of hydrogen-bond acceptors (Lipinski definition) is 6. The van der Waals surface area contributed by atoms with Gasteiger partial charge in [-0.1, -0.05) is 162 Å². The maximum Gasteiger partial charge on any atom is 0.425 e. The van der Waals surface area contributed by atoms with Gasteiger partial charge in [-0.25, -0.2) is 0 Å². The third kappa shape index (κ3) is 41.6. The minimum absolute atomic E-state index is 0.0128. The fourth-order valence-electron chi connectivity index (χ4n) is 7.94. The summed E-state index contributed by atoms with van der Waals surface area (Å²) in [7, 11) is 6.04. The van der Waals surface area contributed by atoms with Crippen LogP contribution in [0.15, 0.2) is 0 Å². The molecule has 0 fully saturated rings. The van der Waals surface area contributed by atoms with Crippen molar-refractivity contribution in [2.75, 3.05) is 67.0 Å². The van der Waals surface area contributed by atoms with Crippen LogP contribution in [0.3, 0.4) is 0 Å². The van der Waals surface area contributed by atoms with Gasteiger partial charge in [-0.2, -0.15) is 0 Å². The molecule has 10 nitrogen and oxygen atoms in total. The largest absolute Gasteiger partial charge is 0.543 e. The molecule has 0 spiro atoms. The first kappa shape index (κ1) is 58.8. The summed E-state index contributed by atoms with van der Waals surface area (Å²) in [4.78, 5) is 35.2. The minimum atomic E-state index is -0.0322. The smallest absolute Gasteiger partial charge is 0.425 e. The number of esters is 2. The maximum atomic E-state index is 12.9. The van der Waals surface area contributed by atoms with E-state index < -0.39 is 0 Å². The van der Waals surface area contributed by atoms with Crippen LogP contribution in [0.2, 0.25) is 0 Å². The van der Waals surface area contributed by atoms with Gasteiger partial charge in [0, 0.05) is 25.9 Å². The van der Waals surface area contributed by atoms with Crippen LogP contribution in [0.5, 0.6) is 0 Å². The van der Waals surface area contributed by atoms with E-state index in [1.807, 2.05) is 26.0 Å². The monoisotopic (exact) mass is 863 g/mol. The van der Waals surface area contributed by atoms with E-state index in [0.29, 0.717) is 25.4 Å². The molecule has 0 rings (SSSR count). The van der Waals surface area contributed by atoms with Crippen molar-refractivity contribution >= 4 is 17.9 Å². The molecule has 0 saturated carbocycles. The summed E-state index contributed by atoms with van der Waals surface area (Å²) in [5.41, 5.74) is 9.60. The first-order valence-electron chi connectivity index (χ1n) is 26.2. The number of likely N-dealkylation sites (N-methyl/N-ethyl adjacent to an activating group) is 2. The van der Waals surface area contributed by atoms with E-state index in [1.165, 1.54) is 122 Å². The zero-order valence-corrected chi connectivity index (χ0v) is 41.4. The average Bonchev–Trinajstić information content (AvgIpc) is 3.24. The highest BCUT2D eigenvalue weighted by Gasteiger charge is 2.16. The average molecular weight is 863 g/mol. The van der Waals surface area contributed by atoms with Crippen molar-refractivity contribution in [2.45, 2.75) is 245 Å². The first-order valence-corrected chi connectivity index (χ1v) is 26.2. The highest BCUT2D eigenvalue weighted by atomic mass is 16.5. The van der Waals surface area contributed by atoms with Gasteiger partial charge in [-0.15, -0.1) is 0 Å². The second-order valence-electron chi connectivity index (χ2n) is 18.4. The van der Waals surface area contributed by atoms with E-state index >= 15 is 0 Å². The standard InChI is InChI=1S/C51H102N6O4/c1-7-10-13-16-19-28-35-47-60-49(58)39-31-24-20-26-33-42-57(44-36-41-53-51(54-52)56(6)46-45-55(4)5)43-34-27-21-25-32-40-50(59)61-48(37-29-22-17-14-11-8-2)38-30-23-18-15-12-9-3/h48,53H,7-47H2,1-6H3. The van der Waals surface area contributed by atoms with E-state index in [0.717, 1.165) is 123 Å². The molecule has 0 unspecified atom stereocenters. The van der Waals surface area contributed by atoms with E-state index in [9.17, 15) is 15.1 Å². The van der Waals surface area contributed by atoms with Crippen LogP contribution in [0.4, 0.5) is 0 Å². The predicted octanol–water partition coefficient (Wildman–Crippen LogP) is 12.7. The van der Waals surface area contributed by atoms with Gasteiger partial charge < -0.3 is 29.6 Å². The summed E-state index contributed by atoms with van der Waals surface area (Å²) in [6.45, 7) is 12.9. The Labute approximate surface area is 378 Å². The molecular formula is C51H102N6O4. The molecule has 0 aromatic carbocycles. The fraction of sp³-hybridized carbons (Fsp3) is 0.941. The van der Waals surface area contributed by atoms with Gasteiger partial charge in [0.25, 0.3) is 0 Å². The topological polar surface area (TPSA) is 111 Å². The van der Waals surface area contributed by atoms with E-state index in [1.54, 1.807) is 0 Å².